The van der Waals surface area contributed by atoms with Gasteiger partial charge >= 0.3 is 0 Å². The van der Waals surface area contributed by atoms with Crippen LogP contribution in [-0.4, -0.2) is 6.54 Å². The van der Waals surface area contributed by atoms with Crippen LogP contribution in [0.15, 0.2) is 24.3 Å². The quantitative estimate of drug-likeness (QED) is 0.760. The number of benzene rings is 1. The molecule has 0 spiro atoms. The first-order valence-corrected chi connectivity index (χ1v) is 6.49. The van der Waals surface area contributed by atoms with Crippen molar-refractivity contribution in [3.8, 4) is 0 Å². The van der Waals surface area contributed by atoms with Gasteiger partial charge in [0.15, 0.2) is 0 Å². The molecule has 2 atom stereocenters. The first-order valence-electron chi connectivity index (χ1n) is 6.49. The molecule has 0 saturated carbocycles. The van der Waals surface area contributed by atoms with Crippen molar-refractivity contribution in [1.29, 1.82) is 0 Å². The Morgan fingerprint density at radius 3 is 2.56 bits per heavy atom. The second-order valence-corrected chi connectivity index (χ2v) is 4.72. The SMILES string of the molecule is CCCC(C)C(NCC)c1cccc(C)c1. The Morgan fingerprint density at radius 1 is 1.25 bits per heavy atom. The monoisotopic (exact) mass is 219 g/mol. The normalized spacial score (nSPS) is 14.8. The van der Waals surface area contributed by atoms with Gasteiger partial charge in [-0.05, 0) is 31.4 Å². The van der Waals surface area contributed by atoms with Crippen molar-refractivity contribution in [2.75, 3.05) is 6.54 Å². The summed E-state index contributed by atoms with van der Waals surface area (Å²) in [6.45, 7) is 9.99. The molecule has 0 fully saturated rings. The second-order valence-electron chi connectivity index (χ2n) is 4.72. The van der Waals surface area contributed by atoms with E-state index in [4.69, 9.17) is 0 Å². The molecule has 0 aliphatic carbocycles. The number of hydrogen-bond acceptors (Lipinski definition) is 1. The fourth-order valence-electron chi connectivity index (χ4n) is 2.35. The molecule has 0 radical (unpaired) electrons. The van der Waals surface area contributed by atoms with Gasteiger partial charge in [0.1, 0.15) is 0 Å². The second kappa shape index (κ2) is 6.70. The molecule has 0 aliphatic heterocycles. The van der Waals surface area contributed by atoms with Crippen LogP contribution in [0.4, 0.5) is 0 Å². The van der Waals surface area contributed by atoms with Gasteiger partial charge in [-0.15, -0.1) is 0 Å². The molecule has 2 unspecified atom stereocenters. The number of aryl methyl sites for hydroxylation is 1. The molecule has 1 aromatic carbocycles. The molecule has 0 heterocycles. The lowest BCUT2D eigenvalue weighted by Crippen LogP contribution is -2.26. The average molecular weight is 219 g/mol. The highest BCUT2D eigenvalue weighted by atomic mass is 14.9. The molecule has 0 amide bonds. The molecule has 0 aliphatic rings. The summed E-state index contributed by atoms with van der Waals surface area (Å²) in [7, 11) is 0. The van der Waals surface area contributed by atoms with Crippen molar-refractivity contribution >= 4 is 0 Å². The Bertz CT molecular complexity index is 306. The zero-order chi connectivity index (χ0) is 12.0. The van der Waals surface area contributed by atoms with Crippen LogP contribution in [0.5, 0.6) is 0 Å². The summed E-state index contributed by atoms with van der Waals surface area (Å²) < 4.78 is 0. The third kappa shape index (κ3) is 3.64. The highest BCUT2D eigenvalue weighted by Gasteiger charge is 2.17. The van der Waals surface area contributed by atoms with Gasteiger partial charge in [-0.25, -0.2) is 0 Å². The predicted octanol–water partition coefficient (Wildman–Crippen LogP) is 4.08. The van der Waals surface area contributed by atoms with Crippen LogP contribution in [0.1, 0.15) is 50.8 Å². The summed E-state index contributed by atoms with van der Waals surface area (Å²) in [5, 5.41) is 3.61. The molecule has 0 saturated heterocycles. The van der Waals surface area contributed by atoms with Crippen LogP contribution < -0.4 is 5.32 Å². The predicted molar refractivity (Wildman–Crippen MR) is 71.7 cm³/mol. The van der Waals surface area contributed by atoms with Gasteiger partial charge in [0, 0.05) is 6.04 Å². The van der Waals surface area contributed by atoms with E-state index in [-0.39, 0.29) is 0 Å². The van der Waals surface area contributed by atoms with Crippen molar-refractivity contribution in [2.24, 2.45) is 5.92 Å². The van der Waals surface area contributed by atoms with Gasteiger partial charge in [-0.2, -0.15) is 0 Å². The largest absolute Gasteiger partial charge is 0.310 e. The summed E-state index contributed by atoms with van der Waals surface area (Å²) >= 11 is 0. The standard InChI is InChI=1S/C15H25N/c1-5-8-13(4)15(16-6-2)14-10-7-9-12(3)11-14/h7,9-11,13,15-16H,5-6,8H2,1-4H3. The Kier molecular flexibility index (Phi) is 5.54. The first kappa shape index (κ1) is 13.2. The maximum Gasteiger partial charge on any atom is 0.0346 e. The van der Waals surface area contributed by atoms with E-state index in [0.717, 1.165) is 6.54 Å². The zero-order valence-electron chi connectivity index (χ0n) is 11.1. The Hall–Kier alpha value is -0.820. The van der Waals surface area contributed by atoms with E-state index in [1.165, 1.54) is 24.0 Å². The van der Waals surface area contributed by atoms with Crippen molar-refractivity contribution in [3.05, 3.63) is 35.4 Å². The first-order chi connectivity index (χ1) is 7.69. The fourth-order valence-corrected chi connectivity index (χ4v) is 2.35. The minimum absolute atomic E-state index is 0.504. The molecule has 16 heavy (non-hydrogen) atoms. The van der Waals surface area contributed by atoms with Crippen molar-refractivity contribution < 1.29 is 0 Å². The lowest BCUT2D eigenvalue weighted by Gasteiger charge is -2.25. The van der Waals surface area contributed by atoms with Crippen LogP contribution in [-0.2, 0) is 0 Å². The lowest BCUT2D eigenvalue weighted by atomic mass is 9.90. The topological polar surface area (TPSA) is 12.0 Å². The van der Waals surface area contributed by atoms with Crippen molar-refractivity contribution in [1.82, 2.24) is 5.32 Å². The van der Waals surface area contributed by atoms with E-state index in [1.54, 1.807) is 0 Å². The van der Waals surface area contributed by atoms with Gasteiger partial charge in [0.2, 0.25) is 0 Å². The number of nitrogens with one attached hydrogen (secondary N) is 1. The molecule has 0 aromatic heterocycles. The average Bonchev–Trinajstić information content (AvgIpc) is 2.26. The van der Waals surface area contributed by atoms with Gasteiger partial charge in [0.05, 0.1) is 0 Å². The van der Waals surface area contributed by atoms with E-state index < -0.39 is 0 Å². The van der Waals surface area contributed by atoms with Gasteiger partial charge in [-0.3, -0.25) is 0 Å². The van der Waals surface area contributed by atoms with E-state index in [9.17, 15) is 0 Å². The van der Waals surface area contributed by atoms with Crippen LogP contribution in [0.25, 0.3) is 0 Å². The van der Waals surface area contributed by atoms with Gasteiger partial charge < -0.3 is 5.32 Å². The minimum atomic E-state index is 0.504. The molecular formula is C15H25N. The van der Waals surface area contributed by atoms with Crippen LogP contribution in [0, 0.1) is 12.8 Å². The molecular weight excluding hydrogens is 194 g/mol. The Morgan fingerprint density at radius 2 is 2.00 bits per heavy atom. The summed E-state index contributed by atoms with van der Waals surface area (Å²) in [5.74, 6) is 0.701. The van der Waals surface area contributed by atoms with E-state index in [1.807, 2.05) is 0 Å². The molecule has 1 heteroatoms. The zero-order valence-corrected chi connectivity index (χ0v) is 11.1. The molecule has 1 nitrogen and oxygen atoms in total. The molecule has 90 valence electrons. The minimum Gasteiger partial charge on any atom is -0.310 e. The lowest BCUT2D eigenvalue weighted by molar-refractivity contribution is 0.369. The van der Waals surface area contributed by atoms with E-state index in [0.29, 0.717) is 12.0 Å². The summed E-state index contributed by atoms with van der Waals surface area (Å²) in [4.78, 5) is 0. The summed E-state index contributed by atoms with van der Waals surface area (Å²) in [6, 6.07) is 9.38. The molecule has 1 rings (SSSR count). The highest BCUT2D eigenvalue weighted by molar-refractivity contribution is 5.25. The summed E-state index contributed by atoms with van der Waals surface area (Å²) in [6.07, 6.45) is 2.54. The highest BCUT2D eigenvalue weighted by Crippen LogP contribution is 2.25. The van der Waals surface area contributed by atoms with E-state index >= 15 is 0 Å². The maximum atomic E-state index is 3.61. The molecule has 1 N–H and O–H groups in total. The number of hydrogen-bond donors (Lipinski definition) is 1. The number of rotatable bonds is 6. The van der Waals surface area contributed by atoms with Crippen molar-refractivity contribution in [2.45, 2.75) is 46.6 Å². The van der Waals surface area contributed by atoms with E-state index in [2.05, 4.69) is 57.3 Å². The third-order valence-electron chi connectivity index (χ3n) is 3.14. The van der Waals surface area contributed by atoms with Gasteiger partial charge in [0.25, 0.3) is 0 Å². The third-order valence-corrected chi connectivity index (χ3v) is 3.14. The Balaban J connectivity index is 2.83. The van der Waals surface area contributed by atoms with Crippen LogP contribution >= 0.6 is 0 Å². The fraction of sp³-hybridized carbons (Fsp3) is 0.600. The Labute approximate surface area is 100 Å². The molecule has 1 aromatic rings. The van der Waals surface area contributed by atoms with Crippen molar-refractivity contribution in [3.63, 3.8) is 0 Å². The van der Waals surface area contributed by atoms with Crippen LogP contribution in [0.2, 0.25) is 0 Å². The summed E-state index contributed by atoms with van der Waals surface area (Å²) in [5.41, 5.74) is 2.78. The van der Waals surface area contributed by atoms with Crippen LogP contribution in [0.3, 0.4) is 0 Å². The smallest absolute Gasteiger partial charge is 0.0346 e. The maximum absolute atomic E-state index is 3.61. The van der Waals surface area contributed by atoms with Gasteiger partial charge in [-0.1, -0.05) is 57.0 Å². The molecule has 0 bridgehead atoms.